The Kier molecular flexibility index (Phi) is 5.57. The minimum atomic E-state index is 0.816. The fourth-order valence-corrected chi connectivity index (χ4v) is 1.82. The van der Waals surface area contributed by atoms with Crippen LogP contribution in [0.3, 0.4) is 0 Å². The molecule has 0 rings (SSSR count). The summed E-state index contributed by atoms with van der Waals surface area (Å²) in [5.74, 6) is 0. The molecule has 0 aliphatic rings. The zero-order chi connectivity index (χ0) is 6.41. The molecule has 48 valence electrons. The van der Waals surface area contributed by atoms with Crippen molar-refractivity contribution in [2.24, 2.45) is 0 Å². The first-order valence-corrected chi connectivity index (χ1v) is 5.23. The number of rotatable bonds is 4. The van der Waals surface area contributed by atoms with E-state index in [1.807, 2.05) is 6.08 Å². The molecule has 8 heavy (non-hydrogen) atoms. The van der Waals surface area contributed by atoms with Crippen LogP contribution in [0.4, 0.5) is 0 Å². The van der Waals surface area contributed by atoms with Gasteiger partial charge >= 0.3 is 58.0 Å². The van der Waals surface area contributed by atoms with E-state index >= 15 is 0 Å². The molecule has 0 fully saturated rings. The third-order valence-electron chi connectivity index (χ3n) is 1.07. The Morgan fingerprint density at radius 2 is 2.38 bits per heavy atom. The normalized spacial score (nSPS) is 13.2. The van der Waals surface area contributed by atoms with E-state index in [-0.39, 0.29) is 0 Å². The van der Waals surface area contributed by atoms with Gasteiger partial charge in [-0.3, -0.25) is 0 Å². The number of hydrogen-bond acceptors (Lipinski definition) is 0. The molecule has 1 heteroatoms. The molecule has 0 amide bonds. The Hall–Kier alpha value is 0.259. The van der Waals surface area contributed by atoms with Crippen molar-refractivity contribution in [2.45, 2.75) is 30.4 Å². The van der Waals surface area contributed by atoms with Crippen LogP contribution in [0.1, 0.15) is 20.3 Å². The summed E-state index contributed by atoms with van der Waals surface area (Å²) >= 11 is 0.816. The summed E-state index contributed by atoms with van der Waals surface area (Å²) < 4.78 is 0. The van der Waals surface area contributed by atoms with Crippen molar-refractivity contribution in [2.75, 3.05) is 0 Å². The molecule has 1 unspecified atom stereocenters. The molecule has 0 aliphatic heterocycles. The quantitative estimate of drug-likeness (QED) is 0.457. The Labute approximate surface area is 58.5 Å². The second kappa shape index (κ2) is 5.40. The summed E-state index contributed by atoms with van der Waals surface area (Å²) in [6.07, 6.45) is 3.35. The van der Waals surface area contributed by atoms with Crippen LogP contribution in [0.2, 0.25) is 10.1 Å². The predicted octanol–water partition coefficient (Wildman–Crippen LogP) is 2.51. The Balaban J connectivity index is 2.97. The first-order chi connectivity index (χ1) is 3.81. The molecule has 0 aromatic rings. The van der Waals surface area contributed by atoms with Crippen LogP contribution >= 0.6 is 0 Å². The number of allylic oxidation sites excluding steroid dienone is 1. The second-order valence-electron chi connectivity index (χ2n) is 1.84. The fraction of sp³-hybridized carbons (Fsp3) is 0.714. The molecule has 0 nitrogen and oxygen atoms in total. The molecule has 0 saturated carbocycles. The van der Waals surface area contributed by atoms with Crippen molar-refractivity contribution in [3.05, 3.63) is 12.7 Å². The van der Waals surface area contributed by atoms with E-state index in [4.69, 9.17) is 0 Å². The van der Waals surface area contributed by atoms with Crippen LogP contribution in [0.15, 0.2) is 12.7 Å². The minimum absolute atomic E-state index is 0.816. The van der Waals surface area contributed by atoms with Gasteiger partial charge < -0.3 is 0 Å². The van der Waals surface area contributed by atoms with Gasteiger partial charge in [-0.05, 0) is 0 Å². The van der Waals surface area contributed by atoms with E-state index in [2.05, 4.69) is 20.4 Å². The molecule has 0 N–H and O–H groups in total. The third-order valence-corrected chi connectivity index (χ3v) is 3.87. The molecule has 0 bridgehead atoms. The Morgan fingerprint density at radius 1 is 1.75 bits per heavy atom. The van der Waals surface area contributed by atoms with Gasteiger partial charge in [0.05, 0.1) is 0 Å². The average molecular weight is 177 g/mol. The van der Waals surface area contributed by atoms with Gasteiger partial charge in [-0.25, -0.2) is 0 Å². The standard InChI is InChI=1S/C7H14Se/c1-4-6-8-7(3)5-2/h4,7H,1,5-6H2,2-3H3. The molecule has 0 aromatic heterocycles. The van der Waals surface area contributed by atoms with Gasteiger partial charge in [0.1, 0.15) is 0 Å². The molecule has 0 radical (unpaired) electrons. The fourth-order valence-electron chi connectivity index (χ4n) is 0.350. The van der Waals surface area contributed by atoms with Crippen LogP contribution < -0.4 is 0 Å². The summed E-state index contributed by atoms with van der Waals surface area (Å²) in [5, 5.41) is 1.24. The topological polar surface area (TPSA) is 0 Å². The monoisotopic (exact) mass is 178 g/mol. The van der Waals surface area contributed by atoms with Crippen LogP contribution in [0, 0.1) is 0 Å². The van der Waals surface area contributed by atoms with Gasteiger partial charge in [0, 0.05) is 0 Å². The van der Waals surface area contributed by atoms with E-state index in [0.29, 0.717) is 0 Å². The first-order valence-electron chi connectivity index (χ1n) is 3.03. The Bertz CT molecular complexity index is 59.4. The molecule has 0 spiro atoms. The third kappa shape index (κ3) is 4.42. The van der Waals surface area contributed by atoms with E-state index in [1.54, 1.807) is 0 Å². The van der Waals surface area contributed by atoms with Crippen LogP contribution in [-0.2, 0) is 0 Å². The van der Waals surface area contributed by atoms with Crippen LogP contribution in [0.25, 0.3) is 0 Å². The van der Waals surface area contributed by atoms with Crippen molar-refractivity contribution in [1.82, 2.24) is 0 Å². The van der Waals surface area contributed by atoms with Gasteiger partial charge in [-0.2, -0.15) is 0 Å². The maximum atomic E-state index is 3.68. The van der Waals surface area contributed by atoms with Crippen molar-refractivity contribution in [1.29, 1.82) is 0 Å². The first kappa shape index (κ1) is 8.26. The molecule has 0 aliphatic carbocycles. The zero-order valence-electron chi connectivity index (χ0n) is 5.68. The van der Waals surface area contributed by atoms with E-state index in [9.17, 15) is 0 Å². The summed E-state index contributed by atoms with van der Waals surface area (Å²) in [4.78, 5) is 0.945. The molecular weight excluding hydrogens is 163 g/mol. The van der Waals surface area contributed by atoms with E-state index in [0.717, 1.165) is 19.8 Å². The zero-order valence-corrected chi connectivity index (χ0v) is 7.40. The van der Waals surface area contributed by atoms with E-state index < -0.39 is 0 Å². The van der Waals surface area contributed by atoms with Gasteiger partial charge in [-0.1, -0.05) is 0 Å². The van der Waals surface area contributed by atoms with E-state index in [1.165, 1.54) is 11.7 Å². The van der Waals surface area contributed by atoms with Crippen LogP contribution in [0.5, 0.6) is 0 Å². The molecule has 0 aromatic carbocycles. The number of hydrogen-bond donors (Lipinski definition) is 0. The van der Waals surface area contributed by atoms with Gasteiger partial charge in [0.2, 0.25) is 0 Å². The summed E-state index contributed by atoms with van der Waals surface area (Å²) in [7, 11) is 0. The van der Waals surface area contributed by atoms with Crippen molar-refractivity contribution >= 4 is 15.0 Å². The maximum absolute atomic E-state index is 3.68. The van der Waals surface area contributed by atoms with Crippen LogP contribution in [-0.4, -0.2) is 15.0 Å². The summed E-state index contributed by atoms with van der Waals surface area (Å²) in [6.45, 7) is 8.24. The van der Waals surface area contributed by atoms with Crippen molar-refractivity contribution in [3.8, 4) is 0 Å². The summed E-state index contributed by atoms with van der Waals surface area (Å²) in [6, 6.07) is 0. The van der Waals surface area contributed by atoms with Gasteiger partial charge in [0.25, 0.3) is 0 Å². The second-order valence-corrected chi connectivity index (χ2v) is 4.93. The van der Waals surface area contributed by atoms with Gasteiger partial charge in [-0.15, -0.1) is 0 Å². The van der Waals surface area contributed by atoms with Gasteiger partial charge in [0.15, 0.2) is 0 Å². The predicted molar refractivity (Wildman–Crippen MR) is 40.5 cm³/mol. The molecule has 0 saturated heterocycles. The van der Waals surface area contributed by atoms with Crippen molar-refractivity contribution < 1.29 is 0 Å². The molecular formula is C7H14Se. The van der Waals surface area contributed by atoms with Crippen molar-refractivity contribution in [3.63, 3.8) is 0 Å². The Morgan fingerprint density at radius 3 is 2.75 bits per heavy atom. The summed E-state index contributed by atoms with van der Waals surface area (Å²) in [5.41, 5.74) is 0. The SMILES string of the molecule is C=CC[Se]C(C)CC. The average Bonchev–Trinajstić information content (AvgIpc) is 1.83. The molecule has 0 heterocycles. The molecule has 1 atom stereocenters.